The van der Waals surface area contributed by atoms with Gasteiger partial charge >= 0.3 is 0 Å². The molecule has 0 spiro atoms. The Hall–Kier alpha value is -1.27. The van der Waals surface area contributed by atoms with Crippen molar-refractivity contribution < 1.29 is 13.2 Å². The molecule has 0 aliphatic heterocycles. The van der Waals surface area contributed by atoms with Crippen LogP contribution in [0.15, 0.2) is 24.3 Å². The Morgan fingerprint density at radius 2 is 2.00 bits per heavy atom. The number of nitrogens with two attached hydrogens (primary N) is 1. The van der Waals surface area contributed by atoms with E-state index < -0.39 is 10.0 Å². The number of rotatable bonds is 7. The number of hydrogen-bond donors (Lipinski definition) is 1. The zero-order valence-electron chi connectivity index (χ0n) is 10.8. The topological polar surface area (TPSA) is 72.6 Å². The summed E-state index contributed by atoms with van der Waals surface area (Å²) in [4.78, 5) is 0. The highest BCUT2D eigenvalue weighted by Gasteiger charge is 2.16. The minimum absolute atomic E-state index is 0.0438. The van der Waals surface area contributed by atoms with Crippen molar-refractivity contribution in [1.82, 2.24) is 4.31 Å². The molecule has 0 aliphatic rings. The fraction of sp³-hybridized carbons (Fsp3) is 0.500. The van der Waals surface area contributed by atoms with Gasteiger partial charge < -0.3 is 10.5 Å². The van der Waals surface area contributed by atoms with Gasteiger partial charge in [-0.2, -0.15) is 0 Å². The third kappa shape index (κ3) is 4.19. The molecule has 6 heteroatoms. The molecule has 0 radical (unpaired) electrons. The second kappa shape index (κ2) is 6.61. The van der Waals surface area contributed by atoms with Gasteiger partial charge in [0.05, 0.1) is 11.4 Å². The van der Waals surface area contributed by atoms with Crippen LogP contribution in [0.5, 0.6) is 5.75 Å². The quantitative estimate of drug-likeness (QED) is 0.760. The lowest BCUT2D eigenvalue weighted by Crippen LogP contribution is -2.32. The van der Waals surface area contributed by atoms with E-state index in [0.29, 0.717) is 18.0 Å². The van der Waals surface area contributed by atoms with Crippen molar-refractivity contribution in [3.63, 3.8) is 0 Å². The smallest absolute Gasteiger partial charge is 0.217 e. The first-order valence-corrected chi connectivity index (χ1v) is 7.49. The standard InChI is InChI=1S/C12H20N2O3S/c1-3-8-14(2)18(15,16)10-9-17-12-7-5-4-6-11(12)13/h4-7H,3,8-10,13H2,1-2H3. The summed E-state index contributed by atoms with van der Waals surface area (Å²) in [5.74, 6) is 0.475. The van der Waals surface area contributed by atoms with Crippen LogP contribution >= 0.6 is 0 Å². The van der Waals surface area contributed by atoms with Gasteiger partial charge in [0.25, 0.3) is 0 Å². The summed E-state index contributed by atoms with van der Waals surface area (Å²) in [6.45, 7) is 2.56. The van der Waals surface area contributed by atoms with Crippen LogP contribution in [0, 0.1) is 0 Å². The van der Waals surface area contributed by atoms with Gasteiger partial charge in [-0.05, 0) is 18.6 Å². The van der Waals surface area contributed by atoms with Crippen LogP contribution in [-0.2, 0) is 10.0 Å². The van der Waals surface area contributed by atoms with Crippen LogP contribution in [-0.4, -0.2) is 38.7 Å². The molecule has 0 heterocycles. The van der Waals surface area contributed by atoms with Crippen LogP contribution in [0.3, 0.4) is 0 Å². The molecule has 0 fully saturated rings. The number of hydrogen-bond acceptors (Lipinski definition) is 4. The minimum atomic E-state index is -3.24. The molecule has 0 saturated heterocycles. The third-order valence-corrected chi connectivity index (χ3v) is 4.35. The Morgan fingerprint density at radius 3 is 2.61 bits per heavy atom. The summed E-state index contributed by atoms with van der Waals surface area (Å²) in [6, 6.07) is 7.03. The molecule has 0 amide bonds. The molecular weight excluding hydrogens is 252 g/mol. The number of benzene rings is 1. The predicted octanol–water partition coefficient (Wildman–Crippen LogP) is 1.32. The maximum Gasteiger partial charge on any atom is 0.217 e. The summed E-state index contributed by atoms with van der Waals surface area (Å²) >= 11 is 0. The Bertz CT molecular complexity index is 474. The van der Waals surface area contributed by atoms with Crippen molar-refractivity contribution in [3.05, 3.63) is 24.3 Å². The molecule has 0 bridgehead atoms. The van der Waals surface area contributed by atoms with Gasteiger partial charge in [-0.3, -0.25) is 0 Å². The maximum atomic E-state index is 11.8. The van der Waals surface area contributed by atoms with E-state index in [2.05, 4.69) is 0 Å². The fourth-order valence-electron chi connectivity index (χ4n) is 1.48. The molecule has 0 unspecified atom stereocenters. The highest BCUT2D eigenvalue weighted by molar-refractivity contribution is 7.89. The van der Waals surface area contributed by atoms with Crippen LogP contribution in [0.4, 0.5) is 5.69 Å². The first kappa shape index (κ1) is 14.8. The lowest BCUT2D eigenvalue weighted by molar-refractivity contribution is 0.338. The number of ether oxygens (including phenoxy) is 1. The number of para-hydroxylation sites is 2. The Morgan fingerprint density at radius 1 is 1.33 bits per heavy atom. The fourth-order valence-corrected chi connectivity index (χ4v) is 2.55. The molecule has 0 aromatic heterocycles. The SMILES string of the molecule is CCCN(C)S(=O)(=O)CCOc1ccccc1N. The van der Waals surface area contributed by atoms with Crippen LogP contribution in [0.1, 0.15) is 13.3 Å². The van der Waals surface area contributed by atoms with Crippen molar-refractivity contribution in [1.29, 1.82) is 0 Å². The molecule has 0 atom stereocenters. The maximum absolute atomic E-state index is 11.8. The van der Waals surface area contributed by atoms with Gasteiger partial charge in [-0.15, -0.1) is 0 Å². The van der Waals surface area contributed by atoms with E-state index in [9.17, 15) is 8.42 Å². The van der Waals surface area contributed by atoms with E-state index in [-0.39, 0.29) is 12.4 Å². The van der Waals surface area contributed by atoms with Crippen molar-refractivity contribution in [2.24, 2.45) is 0 Å². The van der Waals surface area contributed by atoms with Crippen molar-refractivity contribution >= 4 is 15.7 Å². The molecule has 2 N–H and O–H groups in total. The normalized spacial score (nSPS) is 11.7. The largest absolute Gasteiger partial charge is 0.490 e. The van der Waals surface area contributed by atoms with Crippen molar-refractivity contribution in [2.45, 2.75) is 13.3 Å². The third-order valence-electron chi connectivity index (χ3n) is 2.53. The number of anilines is 1. The van der Waals surface area contributed by atoms with E-state index in [4.69, 9.17) is 10.5 Å². The molecule has 18 heavy (non-hydrogen) atoms. The molecule has 0 aliphatic carbocycles. The average Bonchev–Trinajstić information content (AvgIpc) is 2.32. The Labute approximate surface area is 109 Å². The first-order valence-electron chi connectivity index (χ1n) is 5.88. The highest BCUT2D eigenvalue weighted by atomic mass is 32.2. The van der Waals surface area contributed by atoms with Gasteiger partial charge in [0.1, 0.15) is 12.4 Å². The summed E-state index contributed by atoms with van der Waals surface area (Å²) < 4.78 is 30.3. The van der Waals surface area contributed by atoms with Gasteiger partial charge in [-0.1, -0.05) is 19.1 Å². The lowest BCUT2D eigenvalue weighted by Gasteiger charge is -2.16. The summed E-state index contributed by atoms with van der Waals surface area (Å²) in [5, 5.41) is 0. The number of sulfonamides is 1. The van der Waals surface area contributed by atoms with Crippen molar-refractivity contribution in [3.8, 4) is 5.75 Å². The zero-order chi connectivity index (χ0) is 13.6. The number of nitrogens with zero attached hydrogens (tertiary/aromatic N) is 1. The lowest BCUT2D eigenvalue weighted by atomic mass is 10.3. The van der Waals surface area contributed by atoms with E-state index in [1.807, 2.05) is 6.92 Å². The summed E-state index contributed by atoms with van der Waals surface area (Å²) in [7, 11) is -1.66. The van der Waals surface area contributed by atoms with Gasteiger partial charge in [-0.25, -0.2) is 12.7 Å². The number of nitrogen functional groups attached to an aromatic ring is 1. The molecule has 0 saturated carbocycles. The van der Waals surface area contributed by atoms with E-state index >= 15 is 0 Å². The van der Waals surface area contributed by atoms with Gasteiger partial charge in [0.15, 0.2) is 0 Å². The molecule has 5 nitrogen and oxygen atoms in total. The molecule has 1 aromatic rings. The predicted molar refractivity (Wildman–Crippen MR) is 73.1 cm³/mol. The summed E-state index contributed by atoms with van der Waals surface area (Å²) in [5.41, 5.74) is 6.20. The van der Waals surface area contributed by atoms with Crippen LogP contribution < -0.4 is 10.5 Å². The average molecular weight is 272 g/mol. The van der Waals surface area contributed by atoms with Gasteiger partial charge in [0.2, 0.25) is 10.0 Å². The molecule has 1 rings (SSSR count). The zero-order valence-corrected chi connectivity index (χ0v) is 11.6. The van der Waals surface area contributed by atoms with E-state index in [1.54, 1.807) is 31.3 Å². The van der Waals surface area contributed by atoms with Crippen molar-refractivity contribution in [2.75, 3.05) is 31.7 Å². The molecular formula is C12H20N2O3S. The Balaban J connectivity index is 2.49. The Kier molecular flexibility index (Phi) is 5.43. The van der Waals surface area contributed by atoms with Crippen LogP contribution in [0.25, 0.3) is 0 Å². The minimum Gasteiger partial charge on any atom is -0.490 e. The molecule has 1 aromatic carbocycles. The second-order valence-electron chi connectivity index (χ2n) is 4.02. The highest BCUT2D eigenvalue weighted by Crippen LogP contribution is 2.19. The second-order valence-corrected chi connectivity index (χ2v) is 6.22. The van der Waals surface area contributed by atoms with E-state index in [0.717, 1.165) is 6.42 Å². The molecule has 102 valence electrons. The van der Waals surface area contributed by atoms with Crippen LogP contribution in [0.2, 0.25) is 0 Å². The van der Waals surface area contributed by atoms with Gasteiger partial charge in [0, 0.05) is 13.6 Å². The van der Waals surface area contributed by atoms with E-state index in [1.165, 1.54) is 4.31 Å². The summed E-state index contributed by atoms with van der Waals surface area (Å²) in [6.07, 6.45) is 0.794. The first-order chi connectivity index (χ1) is 8.47. The monoisotopic (exact) mass is 272 g/mol.